The summed E-state index contributed by atoms with van der Waals surface area (Å²) >= 11 is 0.870. The van der Waals surface area contributed by atoms with Crippen LogP contribution in [0, 0.1) is 17.0 Å². The van der Waals surface area contributed by atoms with Crippen molar-refractivity contribution >= 4 is 39.9 Å². The molecule has 10 heteroatoms. The Kier molecular flexibility index (Phi) is 6.24. The second kappa shape index (κ2) is 8.41. The lowest BCUT2D eigenvalue weighted by molar-refractivity contribution is -0.384. The van der Waals surface area contributed by atoms with E-state index >= 15 is 0 Å². The number of nitro groups is 1. The van der Waals surface area contributed by atoms with E-state index in [1.807, 2.05) is 0 Å². The van der Waals surface area contributed by atoms with Gasteiger partial charge in [-0.05, 0) is 25.5 Å². The van der Waals surface area contributed by atoms with Crippen molar-refractivity contribution in [2.45, 2.75) is 13.8 Å². The summed E-state index contributed by atoms with van der Waals surface area (Å²) < 4.78 is 9.68. The van der Waals surface area contributed by atoms with E-state index in [0.29, 0.717) is 5.56 Å². The third-order valence-corrected chi connectivity index (χ3v) is 4.73. The minimum absolute atomic E-state index is 0.0313. The number of methoxy groups -OCH3 is 1. The lowest BCUT2D eigenvalue weighted by Gasteiger charge is -2.06. The maximum Gasteiger partial charge on any atom is 0.348 e. The van der Waals surface area contributed by atoms with Crippen molar-refractivity contribution in [1.29, 1.82) is 0 Å². The number of nitrogens with zero attached hydrogens (tertiary/aromatic N) is 1. The van der Waals surface area contributed by atoms with Crippen LogP contribution in [-0.2, 0) is 9.47 Å². The Labute approximate surface area is 158 Å². The van der Waals surface area contributed by atoms with Gasteiger partial charge in [-0.25, -0.2) is 9.59 Å². The van der Waals surface area contributed by atoms with Crippen LogP contribution in [0.3, 0.4) is 0 Å². The zero-order valence-corrected chi connectivity index (χ0v) is 15.5. The van der Waals surface area contributed by atoms with E-state index in [9.17, 15) is 24.5 Å². The molecule has 0 unspecified atom stereocenters. The average molecular weight is 392 g/mol. The summed E-state index contributed by atoms with van der Waals surface area (Å²) in [4.78, 5) is 47.0. The van der Waals surface area contributed by atoms with Crippen molar-refractivity contribution in [2.24, 2.45) is 0 Å². The Hall–Kier alpha value is -3.27. The third-order valence-electron chi connectivity index (χ3n) is 3.54. The molecule has 2 rings (SSSR count). The van der Waals surface area contributed by atoms with Gasteiger partial charge in [0.25, 0.3) is 11.6 Å². The van der Waals surface area contributed by atoms with Gasteiger partial charge in [0.2, 0.25) is 0 Å². The average Bonchev–Trinajstić information content (AvgIpc) is 2.97. The molecule has 1 aromatic carbocycles. The second-order valence-corrected chi connectivity index (χ2v) is 6.25. The molecule has 0 saturated heterocycles. The van der Waals surface area contributed by atoms with Crippen LogP contribution in [0.25, 0.3) is 0 Å². The molecule has 0 atom stereocenters. The molecule has 0 saturated carbocycles. The standard InChI is InChI=1S/C17H16N2O7S/c1-4-26-17(22)13-9(2)12(16(21)25-3)15(27-13)18-14(20)10-6-5-7-11(8-10)19(23)24/h5-8H,4H2,1-3H3,(H,18,20). The molecule has 2 aromatic rings. The highest BCUT2D eigenvalue weighted by molar-refractivity contribution is 7.18. The van der Waals surface area contributed by atoms with E-state index < -0.39 is 22.8 Å². The fourth-order valence-corrected chi connectivity index (χ4v) is 3.36. The number of hydrogen-bond acceptors (Lipinski definition) is 8. The summed E-state index contributed by atoms with van der Waals surface area (Å²) in [6.45, 7) is 3.34. The molecule has 142 valence electrons. The van der Waals surface area contributed by atoms with Gasteiger partial charge in [-0.3, -0.25) is 14.9 Å². The number of non-ortho nitro benzene ring substituents is 1. The number of hydrogen-bond donors (Lipinski definition) is 1. The Balaban J connectivity index is 2.42. The minimum atomic E-state index is -0.728. The fourth-order valence-electron chi connectivity index (χ4n) is 2.28. The zero-order valence-electron chi connectivity index (χ0n) is 14.7. The maximum atomic E-state index is 12.5. The molecule has 0 fully saturated rings. The molecule has 1 aromatic heterocycles. The Bertz CT molecular complexity index is 920. The predicted molar refractivity (Wildman–Crippen MR) is 97.4 cm³/mol. The van der Waals surface area contributed by atoms with E-state index in [0.717, 1.165) is 17.4 Å². The molecule has 0 aliphatic carbocycles. The second-order valence-electron chi connectivity index (χ2n) is 5.23. The van der Waals surface area contributed by atoms with Crippen molar-refractivity contribution in [3.63, 3.8) is 0 Å². The summed E-state index contributed by atoms with van der Waals surface area (Å²) in [6, 6.07) is 5.13. The topological polar surface area (TPSA) is 125 Å². The van der Waals surface area contributed by atoms with Crippen LogP contribution in [0.5, 0.6) is 0 Å². The monoisotopic (exact) mass is 392 g/mol. The summed E-state index contributed by atoms with van der Waals surface area (Å²) in [5, 5.41) is 13.5. The van der Waals surface area contributed by atoms with E-state index in [4.69, 9.17) is 9.47 Å². The fraction of sp³-hybridized carbons (Fsp3) is 0.235. The van der Waals surface area contributed by atoms with Gasteiger partial charge < -0.3 is 14.8 Å². The smallest absolute Gasteiger partial charge is 0.348 e. The number of thiophene rings is 1. The first-order valence-corrected chi connectivity index (χ1v) is 8.56. The number of anilines is 1. The number of nitrogens with one attached hydrogen (secondary N) is 1. The van der Waals surface area contributed by atoms with Crippen LogP contribution in [-0.4, -0.2) is 36.5 Å². The van der Waals surface area contributed by atoms with Gasteiger partial charge in [-0.1, -0.05) is 6.07 Å². The SMILES string of the molecule is CCOC(=O)c1sc(NC(=O)c2cccc([N+](=O)[O-])c2)c(C(=O)OC)c1C. The molecular formula is C17H16N2O7S. The quantitative estimate of drug-likeness (QED) is 0.455. The van der Waals surface area contributed by atoms with Crippen molar-refractivity contribution in [3.8, 4) is 0 Å². The molecule has 27 heavy (non-hydrogen) atoms. The highest BCUT2D eigenvalue weighted by Gasteiger charge is 2.27. The summed E-state index contributed by atoms with van der Waals surface area (Å²) in [5.74, 6) is -2.02. The molecule has 1 amide bonds. The van der Waals surface area contributed by atoms with Gasteiger partial charge >= 0.3 is 11.9 Å². The molecule has 0 radical (unpaired) electrons. The Morgan fingerprint density at radius 1 is 1.26 bits per heavy atom. The summed E-state index contributed by atoms with van der Waals surface area (Å²) in [5.41, 5.74) is 0.137. The third kappa shape index (κ3) is 4.29. The number of carbonyl (C=O) groups excluding carboxylic acids is 3. The van der Waals surface area contributed by atoms with Gasteiger partial charge in [-0.2, -0.15) is 0 Å². The number of esters is 2. The number of nitro benzene ring substituents is 1. The highest BCUT2D eigenvalue weighted by Crippen LogP contribution is 2.34. The molecule has 0 aliphatic heterocycles. The lowest BCUT2D eigenvalue weighted by atomic mass is 10.1. The van der Waals surface area contributed by atoms with E-state index in [1.54, 1.807) is 6.92 Å². The normalized spacial score (nSPS) is 10.2. The van der Waals surface area contributed by atoms with Crippen LogP contribution >= 0.6 is 11.3 Å². The van der Waals surface area contributed by atoms with Gasteiger partial charge in [0.05, 0.1) is 24.2 Å². The first kappa shape index (κ1) is 20.0. The van der Waals surface area contributed by atoms with Crippen LogP contribution in [0.15, 0.2) is 24.3 Å². The van der Waals surface area contributed by atoms with Crippen molar-refractivity contribution < 1.29 is 28.8 Å². The molecular weight excluding hydrogens is 376 g/mol. The Morgan fingerprint density at radius 3 is 2.56 bits per heavy atom. The number of benzene rings is 1. The predicted octanol–water partition coefficient (Wildman–Crippen LogP) is 3.18. The van der Waals surface area contributed by atoms with Gasteiger partial charge in [0, 0.05) is 17.7 Å². The van der Waals surface area contributed by atoms with Gasteiger partial charge in [-0.15, -0.1) is 11.3 Å². The minimum Gasteiger partial charge on any atom is -0.465 e. The van der Waals surface area contributed by atoms with E-state index in [1.165, 1.54) is 32.2 Å². The molecule has 9 nitrogen and oxygen atoms in total. The van der Waals surface area contributed by atoms with Crippen LogP contribution in [0.4, 0.5) is 10.7 Å². The molecule has 1 heterocycles. The first-order valence-electron chi connectivity index (χ1n) is 7.74. The summed E-state index contributed by atoms with van der Waals surface area (Å²) in [6.07, 6.45) is 0. The Morgan fingerprint density at radius 2 is 1.96 bits per heavy atom. The maximum absolute atomic E-state index is 12.5. The van der Waals surface area contributed by atoms with Gasteiger partial charge in [0.15, 0.2) is 0 Å². The molecule has 0 spiro atoms. The zero-order chi connectivity index (χ0) is 20.1. The number of carbonyl (C=O) groups is 3. The van der Waals surface area contributed by atoms with Crippen LogP contribution in [0.2, 0.25) is 0 Å². The van der Waals surface area contributed by atoms with E-state index in [2.05, 4.69) is 5.32 Å². The first-order chi connectivity index (χ1) is 12.8. The van der Waals surface area contributed by atoms with Crippen molar-refractivity contribution in [2.75, 3.05) is 19.0 Å². The van der Waals surface area contributed by atoms with E-state index in [-0.39, 0.29) is 33.3 Å². The lowest BCUT2D eigenvalue weighted by Crippen LogP contribution is -2.14. The van der Waals surface area contributed by atoms with Crippen LogP contribution in [0.1, 0.15) is 42.9 Å². The summed E-state index contributed by atoms with van der Waals surface area (Å²) in [7, 11) is 1.18. The number of rotatable bonds is 6. The molecule has 0 aliphatic rings. The van der Waals surface area contributed by atoms with Gasteiger partial charge in [0.1, 0.15) is 9.88 Å². The largest absolute Gasteiger partial charge is 0.465 e. The molecule has 0 bridgehead atoms. The highest BCUT2D eigenvalue weighted by atomic mass is 32.1. The number of ether oxygens (including phenoxy) is 2. The van der Waals surface area contributed by atoms with Crippen molar-refractivity contribution in [3.05, 3.63) is 55.9 Å². The number of amides is 1. The molecule has 1 N–H and O–H groups in total. The van der Waals surface area contributed by atoms with Crippen LogP contribution < -0.4 is 5.32 Å². The van der Waals surface area contributed by atoms with Crippen molar-refractivity contribution in [1.82, 2.24) is 0 Å².